The van der Waals surface area contributed by atoms with Crippen LogP contribution in [-0.2, 0) is 11.3 Å². The van der Waals surface area contributed by atoms with Gasteiger partial charge in [-0.2, -0.15) is 0 Å². The molecular formula is C24H28N4O2S. The van der Waals surface area contributed by atoms with Gasteiger partial charge in [-0.1, -0.05) is 30.3 Å². The van der Waals surface area contributed by atoms with E-state index in [1.807, 2.05) is 47.4 Å². The fourth-order valence-electron chi connectivity index (χ4n) is 3.74. The van der Waals surface area contributed by atoms with Crippen LogP contribution in [0.1, 0.15) is 35.8 Å². The van der Waals surface area contributed by atoms with Crippen LogP contribution in [0.25, 0.3) is 10.1 Å². The number of thiophene rings is 1. The summed E-state index contributed by atoms with van der Waals surface area (Å²) in [5.74, 6) is 0.842. The number of aliphatic hydroxyl groups is 1. The van der Waals surface area contributed by atoms with Crippen molar-refractivity contribution in [2.24, 2.45) is 4.99 Å². The molecule has 1 atom stereocenters. The molecule has 0 saturated carbocycles. The van der Waals surface area contributed by atoms with Crippen LogP contribution < -0.4 is 15.5 Å². The Morgan fingerprint density at radius 2 is 1.97 bits per heavy atom. The summed E-state index contributed by atoms with van der Waals surface area (Å²) in [5.41, 5.74) is 2.06. The molecule has 162 valence electrons. The van der Waals surface area contributed by atoms with E-state index in [4.69, 9.17) is 0 Å². The van der Waals surface area contributed by atoms with Crippen molar-refractivity contribution in [2.75, 3.05) is 25.0 Å². The first-order valence-corrected chi connectivity index (χ1v) is 11.5. The predicted octanol–water partition coefficient (Wildman–Crippen LogP) is 3.82. The molecule has 0 bridgehead atoms. The van der Waals surface area contributed by atoms with E-state index in [0.29, 0.717) is 25.5 Å². The SMILES string of the molecule is CN=C(NCc1ccc(N2CCCCC2=O)cc1)NCC(O)c1cc2ccccc2s1. The number of piperidine rings is 1. The lowest BCUT2D eigenvalue weighted by atomic mass is 10.1. The van der Waals surface area contributed by atoms with E-state index in [0.717, 1.165) is 40.9 Å². The molecule has 1 amide bonds. The fourth-order valence-corrected chi connectivity index (χ4v) is 4.79. The number of amides is 1. The first-order chi connectivity index (χ1) is 15.1. The summed E-state index contributed by atoms with van der Waals surface area (Å²) in [6, 6.07) is 18.2. The van der Waals surface area contributed by atoms with Gasteiger partial charge in [-0.25, -0.2) is 0 Å². The summed E-state index contributed by atoms with van der Waals surface area (Å²) in [4.78, 5) is 19.1. The highest BCUT2D eigenvalue weighted by Crippen LogP contribution is 2.29. The Kier molecular flexibility index (Phi) is 6.84. The van der Waals surface area contributed by atoms with Crippen molar-refractivity contribution in [3.63, 3.8) is 0 Å². The lowest BCUT2D eigenvalue weighted by molar-refractivity contribution is -0.119. The maximum absolute atomic E-state index is 12.1. The Morgan fingerprint density at radius 1 is 1.16 bits per heavy atom. The Labute approximate surface area is 186 Å². The van der Waals surface area contributed by atoms with Gasteiger partial charge in [0.2, 0.25) is 5.91 Å². The number of hydrogen-bond donors (Lipinski definition) is 3. The number of nitrogens with one attached hydrogen (secondary N) is 2. The van der Waals surface area contributed by atoms with Crippen molar-refractivity contribution in [3.05, 3.63) is 65.0 Å². The molecular weight excluding hydrogens is 408 g/mol. The molecule has 1 fully saturated rings. The summed E-state index contributed by atoms with van der Waals surface area (Å²) < 4.78 is 1.17. The third kappa shape index (κ3) is 5.24. The van der Waals surface area contributed by atoms with E-state index >= 15 is 0 Å². The van der Waals surface area contributed by atoms with Crippen LogP contribution in [-0.4, -0.2) is 37.1 Å². The molecule has 1 aliphatic rings. The standard InChI is InChI=1S/C24H28N4O2S/c1-25-24(27-16-20(29)22-14-18-6-2-3-7-21(18)31-22)26-15-17-9-11-19(12-10-17)28-13-5-4-8-23(28)30/h2-3,6-7,9-12,14,20,29H,4-5,8,13,15-16H2,1H3,(H2,25,26,27). The number of aliphatic hydroxyl groups excluding tert-OH is 1. The van der Waals surface area contributed by atoms with Crippen LogP contribution in [0.5, 0.6) is 0 Å². The van der Waals surface area contributed by atoms with E-state index in [9.17, 15) is 9.90 Å². The highest BCUT2D eigenvalue weighted by molar-refractivity contribution is 7.19. The minimum absolute atomic E-state index is 0.207. The Bertz CT molecular complexity index is 1030. The molecule has 3 aromatic rings. The second-order valence-corrected chi connectivity index (χ2v) is 8.79. The van der Waals surface area contributed by atoms with Gasteiger partial charge >= 0.3 is 0 Å². The molecule has 31 heavy (non-hydrogen) atoms. The van der Waals surface area contributed by atoms with E-state index < -0.39 is 6.10 Å². The van der Waals surface area contributed by atoms with Crippen molar-refractivity contribution in [2.45, 2.75) is 31.9 Å². The molecule has 2 aromatic carbocycles. The van der Waals surface area contributed by atoms with Crippen molar-refractivity contribution in [3.8, 4) is 0 Å². The molecule has 1 saturated heterocycles. The second kappa shape index (κ2) is 9.94. The highest BCUT2D eigenvalue weighted by atomic mass is 32.1. The fraction of sp³-hybridized carbons (Fsp3) is 0.333. The number of fused-ring (bicyclic) bond motifs is 1. The summed E-state index contributed by atoms with van der Waals surface area (Å²) in [6.45, 7) is 1.78. The second-order valence-electron chi connectivity index (χ2n) is 7.68. The van der Waals surface area contributed by atoms with E-state index in [2.05, 4.69) is 27.8 Å². The quantitative estimate of drug-likeness (QED) is 0.406. The van der Waals surface area contributed by atoms with Crippen molar-refractivity contribution in [1.82, 2.24) is 10.6 Å². The highest BCUT2D eigenvalue weighted by Gasteiger charge is 2.19. The van der Waals surface area contributed by atoms with Crippen LogP contribution in [0.3, 0.4) is 0 Å². The van der Waals surface area contributed by atoms with Gasteiger partial charge in [-0.3, -0.25) is 9.79 Å². The van der Waals surface area contributed by atoms with Gasteiger partial charge in [-0.15, -0.1) is 11.3 Å². The summed E-state index contributed by atoms with van der Waals surface area (Å²) >= 11 is 1.61. The third-order valence-electron chi connectivity index (χ3n) is 5.49. The number of guanidine groups is 1. The van der Waals surface area contributed by atoms with Gasteiger partial charge in [0.15, 0.2) is 5.96 Å². The molecule has 0 radical (unpaired) electrons. The lowest BCUT2D eigenvalue weighted by Crippen LogP contribution is -2.39. The number of benzene rings is 2. The number of hydrogen-bond acceptors (Lipinski definition) is 4. The van der Waals surface area contributed by atoms with Gasteiger partial charge in [-0.05, 0) is 48.1 Å². The third-order valence-corrected chi connectivity index (χ3v) is 6.71. The number of carbonyl (C=O) groups is 1. The van der Waals surface area contributed by atoms with Crippen LogP contribution in [0, 0.1) is 0 Å². The number of rotatable bonds is 6. The maximum Gasteiger partial charge on any atom is 0.226 e. The number of carbonyl (C=O) groups excluding carboxylic acids is 1. The normalized spacial score (nSPS) is 15.9. The Morgan fingerprint density at radius 3 is 2.71 bits per heavy atom. The molecule has 6 nitrogen and oxygen atoms in total. The molecule has 4 rings (SSSR count). The van der Waals surface area contributed by atoms with Gasteiger partial charge < -0.3 is 20.6 Å². The average Bonchev–Trinajstić information content (AvgIpc) is 3.24. The van der Waals surface area contributed by atoms with E-state index in [1.165, 1.54) is 4.70 Å². The molecule has 2 heterocycles. The van der Waals surface area contributed by atoms with E-state index in [-0.39, 0.29) is 5.91 Å². The smallest absolute Gasteiger partial charge is 0.226 e. The largest absolute Gasteiger partial charge is 0.386 e. The van der Waals surface area contributed by atoms with Crippen LogP contribution in [0.4, 0.5) is 5.69 Å². The van der Waals surface area contributed by atoms with Gasteiger partial charge in [0, 0.05) is 48.4 Å². The first kappa shape index (κ1) is 21.3. The molecule has 1 aromatic heterocycles. The van der Waals surface area contributed by atoms with Gasteiger partial charge in [0.05, 0.1) is 0 Å². The zero-order valence-corrected chi connectivity index (χ0v) is 18.5. The maximum atomic E-state index is 12.1. The van der Waals surface area contributed by atoms with Crippen molar-refractivity contribution < 1.29 is 9.90 Å². The summed E-state index contributed by atoms with van der Waals surface area (Å²) in [7, 11) is 1.71. The minimum Gasteiger partial charge on any atom is -0.386 e. The molecule has 0 spiro atoms. The first-order valence-electron chi connectivity index (χ1n) is 10.6. The number of aliphatic imine (C=N–C) groups is 1. The van der Waals surface area contributed by atoms with Crippen LogP contribution >= 0.6 is 11.3 Å². The van der Waals surface area contributed by atoms with E-state index in [1.54, 1.807) is 18.4 Å². The molecule has 7 heteroatoms. The number of nitrogens with zero attached hydrogens (tertiary/aromatic N) is 2. The topological polar surface area (TPSA) is 77.0 Å². The van der Waals surface area contributed by atoms with Gasteiger partial charge in [0.25, 0.3) is 0 Å². The van der Waals surface area contributed by atoms with Crippen LogP contribution in [0.15, 0.2) is 59.6 Å². The molecule has 0 aliphatic carbocycles. The minimum atomic E-state index is -0.600. The molecule has 1 aliphatic heterocycles. The molecule has 3 N–H and O–H groups in total. The zero-order chi connectivity index (χ0) is 21.6. The predicted molar refractivity (Wildman–Crippen MR) is 128 cm³/mol. The van der Waals surface area contributed by atoms with Crippen molar-refractivity contribution >= 4 is 39.0 Å². The summed E-state index contributed by atoms with van der Waals surface area (Å²) in [5, 5.41) is 18.2. The molecule has 1 unspecified atom stereocenters. The summed E-state index contributed by atoms with van der Waals surface area (Å²) in [6.07, 6.45) is 2.08. The van der Waals surface area contributed by atoms with Gasteiger partial charge in [0.1, 0.15) is 6.10 Å². The van der Waals surface area contributed by atoms with Crippen LogP contribution in [0.2, 0.25) is 0 Å². The average molecular weight is 437 g/mol. The Balaban J connectivity index is 1.28. The number of anilines is 1. The lowest BCUT2D eigenvalue weighted by Gasteiger charge is -2.26. The monoisotopic (exact) mass is 436 g/mol. The zero-order valence-electron chi connectivity index (χ0n) is 17.7. The van der Waals surface area contributed by atoms with Crippen molar-refractivity contribution in [1.29, 1.82) is 0 Å². The Hall–Kier alpha value is -2.90.